The van der Waals surface area contributed by atoms with Crippen LogP contribution in [0.15, 0.2) is 24.3 Å². The van der Waals surface area contributed by atoms with Gasteiger partial charge in [0.15, 0.2) is 11.6 Å². The third-order valence-corrected chi connectivity index (χ3v) is 6.92. The summed E-state index contributed by atoms with van der Waals surface area (Å²) in [7, 11) is 0. The van der Waals surface area contributed by atoms with E-state index in [0.29, 0.717) is 11.6 Å². The van der Waals surface area contributed by atoms with Crippen LogP contribution >= 0.6 is 66.1 Å². The Balaban J connectivity index is 2.03. The van der Waals surface area contributed by atoms with Gasteiger partial charge in [-0.3, -0.25) is 0 Å². The van der Waals surface area contributed by atoms with E-state index in [9.17, 15) is 0 Å². The van der Waals surface area contributed by atoms with Crippen molar-refractivity contribution in [2.45, 2.75) is 10.7 Å². The molecule has 0 radical (unpaired) electrons. The molecule has 0 N–H and O–H groups in total. The average Bonchev–Trinajstić information content (AvgIpc) is 3.15. The second kappa shape index (κ2) is 6.83. The molecule has 21 heavy (non-hydrogen) atoms. The zero-order chi connectivity index (χ0) is 14.8. The lowest BCUT2D eigenvalue weighted by Gasteiger charge is -2.01. The maximum Gasteiger partial charge on any atom is 0.226 e. The van der Waals surface area contributed by atoms with Crippen LogP contribution in [0.4, 0.5) is 0 Å². The molecule has 0 aliphatic heterocycles. The van der Waals surface area contributed by atoms with Crippen molar-refractivity contribution in [3.8, 4) is 21.4 Å². The Labute approximate surface area is 151 Å². The fourth-order valence-corrected chi connectivity index (χ4v) is 4.51. The van der Waals surface area contributed by atoms with Gasteiger partial charge in [0.2, 0.25) is 5.28 Å². The molecule has 0 fully saturated rings. The highest BCUT2D eigenvalue weighted by Crippen LogP contribution is 2.31. The molecule has 0 saturated carbocycles. The standard InChI is InChI=1S/C13H8Br2ClN3S2/c14-5-7-1-3-9(20-7)11-17-12(19-13(16)18-11)10-4-2-8(6-15)21-10/h1-4H,5-6H2. The summed E-state index contributed by atoms with van der Waals surface area (Å²) in [5.74, 6) is 1.24. The Morgan fingerprint density at radius 1 is 0.810 bits per heavy atom. The highest BCUT2D eigenvalue weighted by Gasteiger charge is 2.12. The van der Waals surface area contributed by atoms with E-state index in [1.54, 1.807) is 22.7 Å². The Hall–Kier alpha value is -0.340. The number of thiophene rings is 2. The van der Waals surface area contributed by atoms with Gasteiger partial charge >= 0.3 is 0 Å². The summed E-state index contributed by atoms with van der Waals surface area (Å²) in [6, 6.07) is 8.13. The number of hydrogen-bond donors (Lipinski definition) is 0. The Morgan fingerprint density at radius 2 is 1.29 bits per heavy atom. The van der Waals surface area contributed by atoms with Crippen LogP contribution < -0.4 is 0 Å². The fourth-order valence-electron chi connectivity index (χ4n) is 1.71. The normalized spacial score (nSPS) is 11.0. The van der Waals surface area contributed by atoms with E-state index in [1.807, 2.05) is 12.1 Å². The van der Waals surface area contributed by atoms with E-state index in [1.165, 1.54) is 9.75 Å². The van der Waals surface area contributed by atoms with Crippen LogP contribution in [-0.4, -0.2) is 15.0 Å². The van der Waals surface area contributed by atoms with Crippen molar-refractivity contribution in [3.05, 3.63) is 39.3 Å². The van der Waals surface area contributed by atoms with Crippen molar-refractivity contribution in [1.82, 2.24) is 15.0 Å². The molecular formula is C13H8Br2ClN3S2. The van der Waals surface area contributed by atoms with E-state index in [2.05, 4.69) is 58.9 Å². The molecule has 0 amide bonds. The maximum atomic E-state index is 6.06. The smallest absolute Gasteiger partial charge is 0.206 e. The van der Waals surface area contributed by atoms with E-state index in [4.69, 9.17) is 11.6 Å². The number of aromatic nitrogens is 3. The number of hydrogen-bond acceptors (Lipinski definition) is 5. The topological polar surface area (TPSA) is 38.7 Å². The average molecular weight is 466 g/mol. The maximum absolute atomic E-state index is 6.06. The monoisotopic (exact) mass is 463 g/mol. The van der Waals surface area contributed by atoms with Gasteiger partial charge in [0.1, 0.15) is 0 Å². The molecule has 3 aromatic rings. The van der Waals surface area contributed by atoms with Gasteiger partial charge in [0.05, 0.1) is 9.75 Å². The van der Waals surface area contributed by atoms with Gasteiger partial charge in [0.25, 0.3) is 0 Å². The van der Waals surface area contributed by atoms with E-state index in [0.717, 1.165) is 20.4 Å². The molecule has 3 heterocycles. The van der Waals surface area contributed by atoms with Gasteiger partial charge in [-0.15, -0.1) is 22.7 Å². The number of nitrogens with zero attached hydrogens (tertiary/aromatic N) is 3. The van der Waals surface area contributed by atoms with Crippen LogP contribution in [-0.2, 0) is 10.7 Å². The first kappa shape index (κ1) is 15.6. The molecule has 8 heteroatoms. The summed E-state index contributed by atoms with van der Waals surface area (Å²) in [4.78, 5) is 17.5. The van der Waals surface area contributed by atoms with Gasteiger partial charge in [-0.1, -0.05) is 31.9 Å². The molecule has 108 valence electrons. The molecule has 3 aromatic heterocycles. The first-order valence-corrected chi connectivity index (χ1v) is 10.2. The predicted octanol–water partition coefficient (Wildman–Crippen LogP) is 5.77. The van der Waals surface area contributed by atoms with Gasteiger partial charge < -0.3 is 0 Å². The Kier molecular flexibility index (Phi) is 5.06. The minimum absolute atomic E-state index is 0.220. The van der Waals surface area contributed by atoms with Crippen molar-refractivity contribution in [2.75, 3.05) is 0 Å². The first-order chi connectivity index (χ1) is 10.2. The molecule has 0 aliphatic carbocycles. The van der Waals surface area contributed by atoms with Gasteiger partial charge in [0, 0.05) is 20.4 Å². The minimum atomic E-state index is 0.220. The number of rotatable bonds is 4. The molecule has 3 rings (SSSR count). The summed E-state index contributed by atoms with van der Waals surface area (Å²) >= 11 is 16.2. The molecular weight excluding hydrogens is 458 g/mol. The minimum Gasteiger partial charge on any atom is -0.206 e. The molecule has 0 spiro atoms. The number of halogens is 3. The molecule has 0 atom stereocenters. The highest BCUT2D eigenvalue weighted by atomic mass is 79.9. The zero-order valence-electron chi connectivity index (χ0n) is 10.5. The third-order valence-electron chi connectivity index (χ3n) is 2.64. The van der Waals surface area contributed by atoms with Crippen LogP contribution in [0.3, 0.4) is 0 Å². The molecule has 0 saturated heterocycles. The third kappa shape index (κ3) is 3.53. The zero-order valence-corrected chi connectivity index (χ0v) is 16.1. The van der Waals surface area contributed by atoms with E-state index < -0.39 is 0 Å². The second-order valence-corrected chi connectivity index (χ2v) is 7.85. The van der Waals surface area contributed by atoms with Crippen molar-refractivity contribution in [2.24, 2.45) is 0 Å². The van der Waals surface area contributed by atoms with Crippen LogP contribution in [0.5, 0.6) is 0 Å². The summed E-state index contributed by atoms with van der Waals surface area (Å²) in [6.45, 7) is 0. The van der Waals surface area contributed by atoms with Crippen LogP contribution in [0.25, 0.3) is 21.4 Å². The van der Waals surface area contributed by atoms with Crippen molar-refractivity contribution < 1.29 is 0 Å². The summed E-state index contributed by atoms with van der Waals surface area (Å²) in [6.07, 6.45) is 0. The van der Waals surface area contributed by atoms with Crippen LogP contribution in [0.1, 0.15) is 9.75 Å². The lowest BCUT2D eigenvalue weighted by Crippen LogP contribution is -1.94. The highest BCUT2D eigenvalue weighted by molar-refractivity contribution is 9.08. The lowest BCUT2D eigenvalue weighted by atomic mass is 10.4. The fraction of sp³-hybridized carbons (Fsp3) is 0.154. The SMILES string of the molecule is Clc1nc(-c2ccc(CBr)s2)nc(-c2ccc(CBr)s2)n1. The Morgan fingerprint density at radius 3 is 1.67 bits per heavy atom. The molecule has 0 aromatic carbocycles. The van der Waals surface area contributed by atoms with Crippen molar-refractivity contribution in [3.63, 3.8) is 0 Å². The number of alkyl halides is 2. The van der Waals surface area contributed by atoms with Crippen molar-refractivity contribution >= 4 is 66.1 Å². The van der Waals surface area contributed by atoms with E-state index >= 15 is 0 Å². The molecule has 0 aliphatic rings. The Bertz CT molecular complexity index is 712. The molecule has 0 unspecified atom stereocenters. The largest absolute Gasteiger partial charge is 0.226 e. The predicted molar refractivity (Wildman–Crippen MR) is 96.7 cm³/mol. The second-order valence-electron chi connectivity index (χ2n) is 4.05. The molecule has 0 bridgehead atoms. The molecule has 3 nitrogen and oxygen atoms in total. The van der Waals surface area contributed by atoms with Crippen LogP contribution in [0.2, 0.25) is 5.28 Å². The van der Waals surface area contributed by atoms with Gasteiger partial charge in [-0.25, -0.2) is 4.98 Å². The summed E-state index contributed by atoms with van der Waals surface area (Å²) in [5, 5.41) is 1.86. The van der Waals surface area contributed by atoms with Crippen LogP contribution in [0, 0.1) is 0 Å². The van der Waals surface area contributed by atoms with Gasteiger partial charge in [-0.05, 0) is 35.9 Å². The van der Waals surface area contributed by atoms with E-state index in [-0.39, 0.29) is 5.28 Å². The van der Waals surface area contributed by atoms with Crippen molar-refractivity contribution in [1.29, 1.82) is 0 Å². The lowest BCUT2D eigenvalue weighted by molar-refractivity contribution is 1.08. The summed E-state index contributed by atoms with van der Waals surface area (Å²) < 4.78 is 0. The van der Waals surface area contributed by atoms with Gasteiger partial charge in [-0.2, -0.15) is 9.97 Å². The quantitative estimate of drug-likeness (QED) is 0.459. The first-order valence-electron chi connectivity index (χ1n) is 5.91. The summed E-state index contributed by atoms with van der Waals surface area (Å²) in [5.41, 5.74) is 0.